The standard InChI is InChI=1S/C32H26Br2N2O2/c33-25-13-9-23(10-14-25)31(37)35-19-17-21-5-1-3-7-27(21)29(35)30-28-8-4-2-6-22(28)18-20-36(30)32(38)24-11-15-26(34)16-12-24/h1-16,29-30H,17-20H2/t29-,30-/m0/s1. The van der Waals surface area contributed by atoms with Gasteiger partial charge in [0.05, 0.1) is 12.1 Å². The Hall–Kier alpha value is -3.22. The van der Waals surface area contributed by atoms with Crippen LogP contribution in [0, 0.1) is 0 Å². The van der Waals surface area contributed by atoms with E-state index in [0.29, 0.717) is 24.2 Å². The lowest BCUT2D eigenvalue weighted by molar-refractivity contribution is 0.0349. The molecule has 0 aliphatic carbocycles. The molecule has 4 aromatic rings. The normalized spacial score (nSPS) is 18.5. The molecule has 0 N–H and O–H groups in total. The van der Waals surface area contributed by atoms with E-state index in [0.717, 1.165) is 32.9 Å². The van der Waals surface area contributed by atoms with E-state index in [1.54, 1.807) is 0 Å². The third-order valence-corrected chi connectivity index (χ3v) is 8.72. The van der Waals surface area contributed by atoms with Gasteiger partial charge in [0, 0.05) is 33.2 Å². The smallest absolute Gasteiger partial charge is 0.254 e. The molecule has 6 rings (SSSR count). The van der Waals surface area contributed by atoms with E-state index in [2.05, 4.69) is 68.3 Å². The highest BCUT2D eigenvalue weighted by Crippen LogP contribution is 2.46. The summed E-state index contributed by atoms with van der Waals surface area (Å²) in [4.78, 5) is 32.1. The first-order chi connectivity index (χ1) is 18.5. The van der Waals surface area contributed by atoms with Crippen molar-refractivity contribution in [2.24, 2.45) is 0 Å². The molecule has 190 valence electrons. The summed E-state index contributed by atoms with van der Waals surface area (Å²) < 4.78 is 1.86. The maximum absolute atomic E-state index is 14.1. The lowest BCUT2D eigenvalue weighted by atomic mass is 9.80. The van der Waals surface area contributed by atoms with Crippen LogP contribution in [-0.4, -0.2) is 34.7 Å². The molecule has 2 amide bonds. The van der Waals surface area contributed by atoms with Gasteiger partial charge >= 0.3 is 0 Å². The molecule has 2 aliphatic rings. The Morgan fingerprint density at radius 1 is 0.553 bits per heavy atom. The number of benzene rings is 4. The first-order valence-corrected chi connectivity index (χ1v) is 14.4. The molecule has 0 saturated heterocycles. The first-order valence-electron chi connectivity index (χ1n) is 12.8. The molecule has 2 heterocycles. The van der Waals surface area contributed by atoms with Gasteiger partial charge in [-0.15, -0.1) is 0 Å². The van der Waals surface area contributed by atoms with E-state index < -0.39 is 0 Å². The molecular formula is C32H26Br2N2O2. The molecule has 0 aromatic heterocycles. The van der Waals surface area contributed by atoms with Crippen LogP contribution < -0.4 is 0 Å². The van der Waals surface area contributed by atoms with Gasteiger partial charge in [-0.1, -0.05) is 80.4 Å². The van der Waals surface area contributed by atoms with E-state index in [-0.39, 0.29) is 23.9 Å². The molecule has 2 atom stereocenters. The van der Waals surface area contributed by atoms with Crippen LogP contribution in [0.5, 0.6) is 0 Å². The molecule has 0 radical (unpaired) electrons. The van der Waals surface area contributed by atoms with Gasteiger partial charge in [0.15, 0.2) is 0 Å². The quantitative estimate of drug-likeness (QED) is 0.237. The topological polar surface area (TPSA) is 40.6 Å². The first kappa shape index (κ1) is 25.1. The zero-order valence-corrected chi connectivity index (χ0v) is 23.9. The lowest BCUT2D eigenvalue weighted by Gasteiger charge is -2.48. The summed E-state index contributed by atoms with van der Waals surface area (Å²) in [5, 5.41) is 0. The maximum atomic E-state index is 14.1. The molecule has 0 bridgehead atoms. The van der Waals surface area contributed by atoms with Crippen molar-refractivity contribution in [3.63, 3.8) is 0 Å². The van der Waals surface area contributed by atoms with Crippen molar-refractivity contribution in [3.05, 3.63) is 139 Å². The summed E-state index contributed by atoms with van der Waals surface area (Å²) in [6.07, 6.45) is 1.56. The number of fused-ring (bicyclic) bond motifs is 2. The predicted molar refractivity (Wildman–Crippen MR) is 156 cm³/mol. The Kier molecular flexibility index (Phi) is 6.93. The Morgan fingerprint density at radius 3 is 1.32 bits per heavy atom. The number of amides is 2. The number of nitrogens with zero attached hydrogens (tertiary/aromatic N) is 2. The minimum atomic E-state index is -0.308. The Balaban J connectivity index is 1.51. The predicted octanol–water partition coefficient (Wildman–Crippen LogP) is 7.39. The summed E-state index contributed by atoms with van der Waals surface area (Å²) in [6, 6.07) is 31.2. The molecular weight excluding hydrogens is 604 g/mol. The number of rotatable bonds is 3. The molecule has 0 saturated carbocycles. The molecule has 38 heavy (non-hydrogen) atoms. The van der Waals surface area contributed by atoms with Crippen molar-refractivity contribution < 1.29 is 9.59 Å². The highest BCUT2D eigenvalue weighted by Gasteiger charge is 2.44. The molecule has 6 heteroatoms. The van der Waals surface area contributed by atoms with Gasteiger partial charge < -0.3 is 9.80 Å². The summed E-state index contributed by atoms with van der Waals surface area (Å²) >= 11 is 6.97. The lowest BCUT2D eigenvalue weighted by Crippen LogP contribution is -2.50. The third-order valence-electron chi connectivity index (χ3n) is 7.67. The SMILES string of the molecule is O=C(c1ccc(Br)cc1)N1CCc2ccccc2[C@H]1[C@@H]1c2ccccc2CCN1C(=O)c1ccc(Br)cc1. The third kappa shape index (κ3) is 4.61. The van der Waals surface area contributed by atoms with Gasteiger partial charge in [-0.25, -0.2) is 0 Å². The average Bonchev–Trinajstić information content (AvgIpc) is 2.96. The zero-order chi connectivity index (χ0) is 26.2. The second kappa shape index (κ2) is 10.5. The Morgan fingerprint density at radius 2 is 0.921 bits per heavy atom. The van der Waals surface area contributed by atoms with Crippen LogP contribution in [0.1, 0.15) is 55.1 Å². The number of carbonyl (C=O) groups is 2. The van der Waals surface area contributed by atoms with Crippen LogP contribution in [0.2, 0.25) is 0 Å². The van der Waals surface area contributed by atoms with E-state index in [9.17, 15) is 9.59 Å². The van der Waals surface area contributed by atoms with Crippen molar-refractivity contribution in [2.75, 3.05) is 13.1 Å². The van der Waals surface area contributed by atoms with Crippen LogP contribution in [0.3, 0.4) is 0 Å². The molecule has 0 unspecified atom stereocenters. The summed E-state index contributed by atoms with van der Waals surface area (Å²) in [6.45, 7) is 1.19. The van der Waals surface area contributed by atoms with Crippen LogP contribution in [0.4, 0.5) is 0 Å². The fraction of sp³-hybridized carbons (Fsp3) is 0.188. The van der Waals surface area contributed by atoms with Crippen LogP contribution in [0.25, 0.3) is 0 Å². The van der Waals surface area contributed by atoms with E-state index in [1.807, 2.05) is 70.5 Å². The maximum Gasteiger partial charge on any atom is 0.254 e. The molecule has 0 spiro atoms. The number of halogens is 2. The summed E-state index contributed by atoms with van der Waals surface area (Å²) in [7, 11) is 0. The van der Waals surface area contributed by atoms with Crippen LogP contribution in [-0.2, 0) is 12.8 Å². The largest absolute Gasteiger partial charge is 0.329 e. The van der Waals surface area contributed by atoms with E-state index in [1.165, 1.54) is 11.1 Å². The fourth-order valence-electron chi connectivity index (χ4n) is 5.85. The zero-order valence-electron chi connectivity index (χ0n) is 20.7. The van der Waals surface area contributed by atoms with Crippen molar-refractivity contribution in [3.8, 4) is 0 Å². The van der Waals surface area contributed by atoms with Gasteiger partial charge in [0.25, 0.3) is 11.8 Å². The van der Waals surface area contributed by atoms with Crippen molar-refractivity contribution in [2.45, 2.75) is 24.9 Å². The number of hydrogen-bond donors (Lipinski definition) is 0. The Bertz CT molecular complexity index is 1390. The number of carbonyl (C=O) groups excluding carboxylic acids is 2. The van der Waals surface area contributed by atoms with Gasteiger partial charge in [-0.2, -0.15) is 0 Å². The summed E-state index contributed by atoms with van der Waals surface area (Å²) in [5.41, 5.74) is 5.98. The monoisotopic (exact) mass is 628 g/mol. The van der Waals surface area contributed by atoms with Gasteiger partial charge in [0.2, 0.25) is 0 Å². The highest BCUT2D eigenvalue weighted by atomic mass is 79.9. The minimum absolute atomic E-state index is 0.0175. The minimum Gasteiger partial charge on any atom is -0.329 e. The van der Waals surface area contributed by atoms with Crippen LogP contribution in [0.15, 0.2) is 106 Å². The molecule has 4 aromatic carbocycles. The van der Waals surface area contributed by atoms with Crippen LogP contribution >= 0.6 is 31.9 Å². The van der Waals surface area contributed by atoms with Crippen molar-refractivity contribution in [1.82, 2.24) is 9.80 Å². The van der Waals surface area contributed by atoms with Gasteiger partial charge in [0.1, 0.15) is 0 Å². The Labute approximate surface area is 239 Å². The van der Waals surface area contributed by atoms with E-state index >= 15 is 0 Å². The molecule has 2 aliphatic heterocycles. The van der Waals surface area contributed by atoms with Gasteiger partial charge in [-0.3, -0.25) is 9.59 Å². The average molecular weight is 630 g/mol. The van der Waals surface area contributed by atoms with Gasteiger partial charge in [-0.05, 0) is 83.6 Å². The highest BCUT2D eigenvalue weighted by molar-refractivity contribution is 9.10. The molecule has 0 fully saturated rings. The van der Waals surface area contributed by atoms with E-state index in [4.69, 9.17) is 0 Å². The fourth-order valence-corrected chi connectivity index (χ4v) is 6.38. The van der Waals surface area contributed by atoms with Crippen molar-refractivity contribution in [1.29, 1.82) is 0 Å². The summed E-state index contributed by atoms with van der Waals surface area (Å²) in [5.74, 6) is -0.0350. The second-order valence-electron chi connectivity index (χ2n) is 9.80. The molecule has 4 nitrogen and oxygen atoms in total. The second-order valence-corrected chi connectivity index (χ2v) is 11.6. The van der Waals surface area contributed by atoms with Crippen molar-refractivity contribution >= 4 is 43.7 Å². The number of hydrogen-bond acceptors (Lipinski definition) is 2.